The van der Waals surface area contributed by atoms with Gasteiger partial charge in [-0.05, 0) is 18.2 Å². The highest BCUT2D eigenvalue weighted by Gasteiger charge is 2.31. The number of benzene rings is 2. The van der Waals surface area contributed by atoms with Gasteiger partial charge in [-0.1, -0.05) is 37.3 Å². The Hall–Kier alpha value is -2.36. The Morgan fingerprint density at radius 1 is 1.14 bits per heavy atom. The van der Waals surface area contributed by atoms with Crippen molar-refractivity contribution in [2.75, 3.05) is 11.9 Å². The van der Waals surface area contributed by atoms with Crippen molar-refractivity contribution in [3.63, 3.8) is 0 Å². The average molecular weight is 281 g/mol. The molecule has 0 fully saturated rings. The minimum Gasteiger partial charge on any atom is -0.369 e. The van der Waals surface area contributed by atoms with Crippen LogP contribution in [-0.4, -0.2) is 16.3 Å². The summed E-state index contributed by atoms with van der Waals surface area (Å²) in [6, 6.07) is 14.9. The van der Waals surface area contributed by atoms with Crippen molar-refractivity contribution in [1.82, 2.24) is 9.78 Å². The van der Waals surface area contributed by atoms with Crippen LogP contribution in [0.3, 0.4) is 0 Å². The number of hydrogen-bond acceptors (Lipinski definition) is 2. The third-order valence-corrected chi connectivity index (χ3v) is 4.22. The molecule has 21 heavy (non-hydrogen) atoms. The van der Waals surface area contributed by atoms with Crippen molar-refractivity contribution in [3.05, 3.63) is 59.9 Å². The molecule has 2 unspecified atom stereocenters. The number of anilines is 1. The van der Waals surface area contributed by atoms with E-state index in [1.165, 1.54) is 6.07 Å². The summed E-state index contributed by atoms with van der Waals surface area (Å²) in [6.45, 7) is 2.94. The zero-order valence-electron chi connectivity index (χ0n) is 11.8. The van der Waals surface area contributed by atoms with Crippen molar-refractivity contribution < 1.29 is 4.39 Å². The molecule has 0 saturated carbocycles. The maximum absolute atomic E-state index is 14.2. The predicted octanol–water partition coefficient (Wildman–Crippen LogP) is 3.83. The molecular weight excluding hydrogens is 265 g/mol. The van der Waals surface area contributed by atoms with Crippen molar-refractivity contribution in [2.24, 2.45) is 5.92 Å². The summed E-state index contributed by atoms with van der Waals surface area (Å²) in [5.74, 6) is 1.09. The van der Waals surface area contributed by atoms with Crippen LogP contribution in [-0.2, 0) is 0 Å². The third-order valence-electron chi connectivity index (χ3n) is 4.22. The first-order valence-electron chi connectivity index (χ1n) is 7.21. The number of hydrogen-bond donors (Lipinski definition) is 1. The molecule has 0 amide bonds. The summed E-state index contributed by atoms with van der Waals surface area (Å²) in [5, 5.41) is 9.21. The Labute approximate surface area is 122 Å². The molecule has 0 radical (unpaired) electrons. The highest BCUT2D eigenvalue weighted by Crippen LogP contribution is 2.37. The van der Waals surface area contributed by atoms with E-state index >= 15 is 0 Å². The van der Waals surface area contributed by atoms with E-state index in [0.717, 1.165) is 23.3 Å². The highest BCUT2D eigenvalue weighted by molar-refractivity contribution is 5.90. The quantitative estimate of drug-likeness (QED) is 0.734. The lowest BCUT2D eigenvalue weighted by Crippen LogP contribution is -2.32. The normalized spacial score (nSPS) is 21.0. The molecule has 1 aliphatic heterocycles. The van der Waals surface area contributed by atoms with Crippen molar-refractivity contribution >= 4 is 16.7 Å². The van der Waals surface area contributed by atoms with Crippen LogP contribution < -0.4 is 5.32 Å². The minimum absolute atomic E-state index is 0.0742. The Kier molecular flexibility index (Phi) is 2.70. The van der Waals surface area contributed by atoms with E-state index in [9.17, 15) is 4.39 Å². The van der Waals surface area contributed by atoms with Gasteiger partial charge in [0.1, 0.15) is 11.6 Å². The fourth-order valence-corrected chi connectivity index (χ4v) is 3.19. The van der Waals surface area contributed by atoms with E-state index in [2.05, 4.69) is 18.3 Å². The Morgan fingerprint density at radius 2 is 1.90 bits per heavy atom. The van der Waals surface area contributed by atoms with Crippen LogP contribution in [0.25, 0.3) is 10.9 Å². The first-order chi connectivity index (χ1) is 10.3. The fraction of sp³-hybridized carbons (Fsp3) is 0.235. The van der Waals surface area contributed by atoms with Gasteiger partial charge >= 0.3 is 0 Å². The Balaban J connectivity index is 1.95. The molecule has 3 aromatic rings. The lowest BCUT2D eigenvalue weighted by molar-refractivity contribution is 0.363. The van der Waals surface area contributed by atoms with Gasteiger partial charge in [0, 0.05) is 23.4 Å². The van der Waals surface area contributed by atoms with E-state index in [0.29, 0.717) is 5.56 Å². The van der Waals surface area contributed by atoms with Gasteiger partial charge in [0.2, 0.25) is 0 Å². The van der Waals surface area contributed by atoms with Crippen LogP contribution in [0.2, 0.25) is 0 Å². The summed E-state index contributed by atoms with van der Waals surface area (Å²) in [4.78, 5) is 0. The number of halogens is 1. The van der Waals surface area contributed by atoms with Gasteiger partial charge in [0.25, 0.3) is 0 Å². The van der Waals surface area contributed by atoms with Crippen LogP contribution in [0.4, 0.5) is 10.2 Å². The topological polar surface area (TPSA) is 29.9 Å². The molecular formula is C17H16FN3. The first-order valence-corrected chi connectivity index (χ1v) is 7.21. The molecule has 0 bridgehead atoms. The Morgan fingerprint density at radius 3 is 2.76 bits per heavy atom. The fourth-order valence-electron chi connectivity index (χ4n) is 3.19. The minimum atomic E-state index is -0.165. The van der Waals surface area contributed by atoms with E-state index < -0.39 is 0 Å². The maximum Gasteiger partial charge on any atom is 0.132 e. The molecule has 4 rings (SSSR count). The molecule has 0 spiro atoms. The van der Waals surface area contributed by atoms with E-state index in [4.69, 9.17) is 5.10 Å². The van der Waals surface area contributed by atoms with E-state index in [1.54, 1.807) is 6.07 Å². The standard InChI is InChI=1S/C17H16FN3/c1-11-10-19-17-13-7-3-5-9-15(13)20-21(17)16(11)12-6-2-4-8-14(12)18/h2-9,11,16,19H,10H2,1H3. The number of aromatic nitrogens is 2. The van der Waals surface area contributed by atoms with Crippen LogP contribution in [0, 0.1) is 11.7 Å². The van der Waals surface area contributed by atoms with Crippen molar-refractivity contribution in [3.8, 4) is 0 Å². The SMILES string of the molecule is CC1CNc2c3ccccc3nn2C1c1ccccc1F. The smallest absolute Gasteiger partial charge is 0.132 e. The summed E-state index contributed by atoms with van der Waals surface area (Å²) >= 11 is 0. The lowest BCUT2D eigenvalue weighted by atomic mass is 9.92. The van der Waals surface area contributed by atoms with Gasteiger partial charge in [-0.2, -0.15) is 5.10 Å². The zero-order valence-corrected chi connectivity index (χ0v) is 11.8. The molecule has 4 heteroatoms. The third kappa shape index (κ3) is 1.82. The van der Waals surface area contributed by atoms with Crippen molar-refractivity contribution in [1.29, 1.82) is 0 Å². The van der Waals surface area contributed by atoms with Crippen LogP contribution in [0.5, 0.6) is 0 Å². The maximum atomic E-state index is 14.2. The highest BCUT2D eigenvalue weighted by atomic mass is 19.1. The van der Waals surface area contributed by atoms with Gasteiger partial charge in [-0.15, -0.1) is 0 Å². The molecule has 0 saturated heterocycles. The zero-order chi connectivity index (χ0) is 14.4. The summed E-state index contributed by atoms with van der Waals surface area (Å²) in [5.41, 5.74) is 1.65. The molecule has 1 aliphatic rings. The van der Waals surface area contributed by atoms with E-state index in [-0.39, 0.29) is 17.8 Å². The van der Waals surface area contributed by atoms with Gasteiger partial charge < -0.3 is 5.32 Å². The van der Waals surface area contributed by atoms with Gasteiger partial charge in [-0.3, -0.25) is 0 Å². The second-order valence-corrected chi connectivity index (χ2v) is 5.63. The molecule has 106 valence electrons. The number of fused-ring (bicyclic) bond motifs is 3. The summed E-state index contributed by atoms with van der Waals surface area (Å²) in [6.07, 6.45) is 0. The number of nitrogens with one attached hydrogen (secondary N) is 1. The molecule has 0 aliphatic carbocycles. The summed E-state index contributed by atoms with van der Waals surface area (Å²) < 4.78 is 16.2. The predicted molar refractivity (Wildman–Crippen MR) is 81.9 cm³/mol. The molecule has 2 aromatic carbocycles. The van der Waals surface area contributed by atoms with Gasteiger partial charge in [0.15, 0.2) is 0 Å². The summed E-state index contributed by atoms with van der Waals surface area (Å²) in [7, 11) is 0. The molecule has 3 nitrogen and oxygen atoms in total. The van der Waals surface area contributed by atoms with Crippen LogP contribution in [0.1, 0.15) is 18.5 Å². The lowest BCUT2D eigenvalue weighted by Gasteiger charge is -2.32. The first kappa shape index (κ1) is 12.4. The van der Waals surface area contributed by atoms with Gasteiger partial charge in [0.05, 0.1) is 11.6 Å². The number of nitrogens with zero attached hydrogens (tertiary/aromatic N) is 2. The van der Waals surface area contributed by atoms with Crippen molar-refractivity contribution in [2.45, 2.75) is 13.0 Å². The monoisotopic (exact) mass is 281 g/mol. The molecule has 1 aromatic heterocycles. The second kappa shape index (κ2) is 4.58. The Bertz CT molecular complexity index is 809. The molecule has 2 heterocycles. The molecule has 2 atom stereocenters. The second-order valence-electron chi connectivity index (χ2n) is 5.63. The number of rotatable bonds is 1. The van der Waals surface area contributed by atoms with Crippen LogP contribution >= 0.6 is 0 Å². The largest absolute Gasteiger partial charge is 0.369 e. The van der Waals surface area contributed by atoms with Gasteiger partial charge in [-0.25, -0.2) is 9.07 Å². The van der Waals surface area contributed by atoms with Crippen LogP contribution in [0.15, 0.2) is 48.5 Å². The van der Waals surface area contributed by atoms with E-state index in [1.807, 2.05) is 35.0 Å². The molecule has 1 N–H and O–H groups in total. The average Bonchev–Trinajstić information content (AvgIpc) is 2.87.